The summed E-state index contributed by atoms with van der Waals surface area (Å²) in [6, 6.07) is 4.78. The van der Waals surface area contributed by atoms with Crippen LogP contribution >= 0.6 is 15.9 Å². The molecule has 0 aliphatic heterocycles. The third-order valence-electron chi connectivity index (χ3n) is 2.27. The first-order chi connectivity index (χ1) is 8.04. The average Bonchev–Trinajstić information content (AvgIpc) is 2.26. The number of anilines is 1. The molecule has 0 saturated carbocycles. The smallest absolute Gasteiger partial charge is 0.239 e. The molecular weight excluding hydrogens is 287 g/mol. The summed E-state index contributed by atoms with van der Waals surface area (Å²) >= 11 is 3.19. The lowest BCUT2D eigenvalue weighted by molar-refractivity contribution is -0.119. The molecule has 0 unspecified atom stereocenters. The molecule has 94 valence electrons. The van der Waals surface area contributed by atoms with Crippen LogP contribution in [0.1, 0.15) is 13.3 Å². The zero-order valence-corrected chi connectivity index (χ0v) is 11.6. The number of nitrogens with zero attached hydrogens (tertiary/aromatic N) is 1. The normalized spacial score (nSPS) is 10.1. The van der Waals surface area contributed by atoms with Gasteiger partial charge in [-0.3, -0.25) is 4.79 Å². The highest BCUT2D eigenvalue weighted by atomic mass is 79.9. The molecule has 1 aromatic rings. The molecule has 1 N–H and O–H groups in total. The van der Waals surface area contributed by atoms with E-state index in [-0.39, 0.29) is 18.3 Å². The van der Waals surface area contributed by atoms with Crippen LogP contribution in [-0.2, 0) is 4.79 Å². The summed E-state index contributed by atoms with van der Waals surface area (Å²) in [7, 11) is 1.69. The molecule has 3 nitrogen and oxygen atoms in total. The van der Waals surface area contributed by atoms with E-state index in [1.807, 2.05) is 6.92 Å². The molecule has 0 saturated heterocycles. The molecule has 0 bridgehead atoms. The summed E-state index contributed by atoms with van der Waals surface area (Å²) in [4.78, 5) is 13.1. The van der Waals surface area contributed by atoms with Crippen LogP contribution in [0, 0.1) is 5.82 Å². The van der Waals surface area contributed by atoms with Gasteiger partial charge in [-0.2, -0.15) is 0 Å². The number of likely N-dealkylation sites (N-methyl/N-ethyl adjacent to an activating group) is 1. The number of carbonyl (C=O) groups excluding carboxylic acids is 1. The van der Waals surface area contributed by atoms with Crippen molar-refractivity contribution >= 4 is 27.5 Å². The van der Waals surface area contributed by atoms with Gasteiger partial charge in [-0.15, -0.1) is 0 Å². The number of rotatable bonds is 5. The Balaban J connectivity index is 2.63. The van der Waals surface area contributed by atoms with Crippen molar-refractivity contribution in [2.24, 2.45) is 0 Å². The number of benzene rings is 1. The Hall–Kier alpha value is -1.10. The molecule has 1 amide bonds. The predicted octanol–water partition coefficient (Wildman–Crippen LogP) is 2.55. The van der Waals surface area contributed by atoms with Gasteiger partial charge < -0.3 is 10.2 Å². The van der Waals surface area contributed by atoms with E-state index >= 15 is 0 Å². The van der Waals surface area contributed by atoms with E-state index in [0.29, 0.717) is 16.7 Å². The van der Waals surface area contributed by atoms with Gasteiger partial charge in [0.25, 0.3) is 0 Å². The van der Waals surface area contributed by atoms with E-state index in [1.54, 1.807) is 24.1 Å². The first-order valence-electron chi connectivity index (χ1n) is 5.47. The topological polar surface area (TPSA) is 32.3 Å². The van der Waals surface area contributed by atoms with Gasteiger partial charge in [0.2, 0.25) is 5.91 Å². The van der Waals surface area contributed by atoms with Crippen molar-refractivity contribution < 1.29 is 9.18 Å². The Morgan fingerprint density at radius 2 is 2.24 bits per heavy atom. The second-order valence-corrected chi connectivity index (χ2v) is 4.72. The number of halogens is 2. The van der Waals surface area contributed by atoms with Crippen molar-refractivity contribution in [2.75, 3.05) is 25.0 Å². The molecule has 1 aromatic carbocycles. The van der Waals surface area contributed by atoms with Crippen LogP contribution in [0.15, 0.2) is 22.7 Å². The monoisotopic (exact) mass is 302 g/mol. The molecule has 0 heterocycles. The molecule has 5 heteroatoms. The number of hydrogen-bond acceptors (Lipinski definition) is 2. The summed E-state index contributed by atoms with van der Waals surface area (Å²) in [6.45, 7) is 2.78. The molecule has 0 atom stereocenters. The maximum absolute atomic E-state index is 13.6. The lowest BCUT2D eigenvalue weighted by Gasteiger charge is -2.19. The number of hydrogen-bond donors (Lipinski definition) is 1. The summed E-state index contributed by atoms with van der Waals surface area (Å²) in [5, 5.41) is 2.75. The van der Waals surface area contributed by atoms with Gasteiger partial charge in [0, 0.05) is 18.1 Å². The van der Waals surface area contributed by atoms with Gasteiger partial charge in [-0.25, -0.2) is 4.39 Å². The maximum Gasteiger partial charge on any atom is 0.239 e. The fourth-order valence-corrected chi connectivity index (χ4v) is 1.74. The second kappa shape index (κ2) is 6.59. The zero-order chi connectivity index (χ0) is 12.8. The standard InChI is InChI=1S/C12H16BrFN2O/c1-3-6-15-12(17)8-16(2)11-5-4-9(13)7-10(11)14/h4-5,7H,3,6,8H2,1-2H3,(H,15,17). The van der Waals surface area contributed by atoms with Crippen molar-refractivity contribution in [1.82, 2.24) is 5.32 Å². The first kappa shape index (κ1) is 14.0. The molecule has 0 aliphatic carbocycles. The van der Waals surface area contributed by atoms with Crippen LogP contribution in [0.2, 0.25) is 0 Å². The van der Waals surface area contributed by atoms with E-state index in [9.17, 15) is 9.18 Å². The van der Waals surface area contributed by atoms with Crippen LogP contribution < -0.4 is 10.2 Å². The Bertz CT molecular complexity index is 398. The summed E-state index contributed by atoms with van der Waals surface area (Å²) < 4.78 is 14.3. The molecule has 1 rings (SSSR count). The molecule has 17 heavy (non-hydrogen) atoms. The van der Waals surface area contributed by atoms with Crippen LogP contribution in [0.25, 0.3) is 0 Å². The molecule has 0 fully saturated rings. The maximum atomic E-state index is 13.6. The summed E-state index contributed by atoms with van der Waals surface area (Å²) in [5.74, 6) is -0.443. The van der Waals surface area contributed by atoms with E-state index in [4.69, 9.17) is 0 Å². The van der Waals surface area contributed by atoms with Gasteiger partial charge in [0.05, 0.1) is 12.2 Å². The first-order valence-corrected chi connectivity index (χ1v) is 6.26. The quantitative estimate of drug-likeness (QED) is 0.906. The highest BCUT2D eigenvalue weighted by Crippen LogP contribution is 2.21. The Labute approximate surface area is 109 Å². The van der Waals surface area contributed by atoms with E-state index in [0.717, 1.165) is 6.42 Å². The highest BCUT2D eigenvalue weighted by Gasteiger charge is 2.11. The van der Waals surface area contributed by atoms with Gasteiger partial charge in [-0.05, 0) is 24.6 Å². The average molecular weight is 303 g/mol. The zero-order valence-electron chi connectivity index (χ0n) is 9.96. The van der Waals surface area contributed by atoms with Crippen molar-refractivity contribution in [2.45, 2.75) is 13.3 Å². The lowest BCUT2D eigenvalue weighted by atomic mass is 10.3. The largest absolute Gasteiger partial charge is 0.363 e. The van der Waals surface area contributed by atoms with Crippen molar-refractivity contribution in [3.05, 3.63) is 28.5 Å². The number of amides is 1. The van der Waals surface area contributed by atoms with Crippen LogP contribution in [0.3, 0.4) is 0 Å². The number of carbonyl (C=O) groups is 1. The van der Waals surface area contributed by atoms with Crippen molar-refractivity contribution in [3.63, 3.8) is 0 Å². The van der Waals surface area contributed by atoms with E-state index in [1.165, 1.54) is 6.07 Å². The van der Waals surface area contributed by atoms with Gasteiger partial charge in [-0.1, -0.05) is 22.9 Å². The lowest BCUT2D eigenvalue weighted by Crippen LogP contribution is -2.35. The fraction of sp³-hybridized carbons (Fsp3) is 0.417. The Morgan fingerprint density at radius 3 is 2.82 bits per heavy atom. The molecule has 0 aromatic heterocycles. The molecule has 0 radical (unpaired) electrons. The van der Waals surface area contributed by atoms with Crippen LogP contribution in [-0.4, -0.2) is 26.0 Å². The fourth-order valence-electron chi connectivity index (χ4n) is 1.41. The van der Waals surface area contributed by atoms with Gasteiger partial charge >= 0.3 is 0 Å². The molecule has 0 aliphatic rings. The van der Waals surface area contributed by atoms with E-state index in [2.05, 4.69) is 21.2 Å². The third-order valence-corrected chi connectivity index (χ3v) is 2.77. The SMILES string of the molecule is CCCNC(=O)CN(C)c1ccc(Br)cc1F. The van der Waals surface area contributed by atoms with Gasteiger partial charge in [0.1, 0.15) is 5.82 Å². The van der Waals surface area contributed by atoms with E-state index < -0.39 is 0 Å². The van der Waals surface area contributed by atoms with Crippen LogP contribution in [0.5, 0.6) is 0 Å². The second-order valence-electron chi connectivity index (χ2n) is 3.80. The number of nitrogens with one attached hydrogen (secondary N) is 1. The molecular formula is C12H16BrFN2O. The summed E-state index contributed by atoms with van der Waals surface area (Å²) in [5.41, 5.74) is 0.417. The third kappa shape index (κ3) is 4.34. The minimum absolute atomic E-state index is 0.100. The minimum Gasteiger partial charge on any atom is -0.363 e. The summed E-state index contributed by atoms with van der Waals surface area (Å²) in [6.07, 6.45) is 0.891. The molecule has 0 spiro atoms. The van der Waals surface area contributed by atoms with Gasteiger partial charge in [0.15, 0.2) is 0 Å². The Kier molecular flexibility index (Phi) is 5.41. The highest BCUT2D eigenvalue weighted by molar-refractivity contribution is 9.10. The minimum atomic E-state index is -0.342. The predicted molar refractivity (Wildman–Crippen MR) is 70.7 cm³/mol. The van der Waals surface area contributed by atoms with Crippen LogP contribution in [0.4, 0.5) is 10.1 Å². The van der Waals surface area contributed by atoms with Crippen molar-refractivity contribution in [1.29, 1.82) is 0 Å². The Morgan fingerprint density at radius 1 is 1.53 bits per heavy atom. The van der Waals surface area contributed by atoms with Crippen molar-refractivity contribution in [3.8, 4) is 0 Å².